The van der Waals surface area contributed by atoms with Crippen molar-refractivity contribution in [2.75, 3.05) is 5.32 Å². The van der Waals surface area contributed by atoms with Gasteiger partial charge in [0, 0.05) is 40.7 Å². The lowest BCUT2D eigenvalue weighted by molar-refractivity contribution is -0.137. The molecule has 0 unspecified atom stereocenters. The van der Waals surface area contributed by atoms with Gasteiger partial charge in [-0.1, -0.05) is 0 Å². The number of nitrogens with zero attached hydrogens (tertiary/aromatic N) is 7. The molecule has 4 heterocycles. The van der Waals surface area contributed by atoms with Gasteiger partial charge in [-0.05, 0) is 47.7 Å². The van der Waals surface area contributed by atoms with E-state index in [0.29, 0.717) is 12.6 Å². The Hall–Kier alpha value is -3.16. The Morgan fingerprint density at radius 1 is 1.11 bits per heavy atom. The zero-order valence-corrected chi connectivity index (χ0v) is 20.2. The number of aromatic nitrogens is 7. The average molecular weight is 571 g/mol. The molecular formula is C22H20BrF5N8. The molecule has 0 radical (unpaired) electrons. The van der Waals surface area contributed by atoms with Crippen LogP contribution in [0.4, 0.5) is 27.9 Å². The normalized spacial score (nSPS) is 18.8. The summed E-state index contributed by atoms with van der Waals surface area (Å²) in [7, 11) is 0. The van der Waals surface area contributed by atoms with Gasteiger partial charge in [0.1, 0.15) is 17.6 Å². The molecule has 4 aromatic heterocycles. The average Bonchev–Trinajstić information content (AvgIpc) is 3.45. The molecule has 0 bridgehead atoms. The number of nitrogens with one attached hydrogen (secondary N) is 1. The molecule has 0 spiro atoms. The fraction of sp³-hybridized carbons (Fsp3) is 0.409. The molecule has 0 saturated heterocycles. The van der Waals surface area contributed by atoms with Gasteiger partial charge in [-0.2, -0.15) is 18.3 Å². The number of hydrogen-bond donors (Lipinski definition) is 1. The smallest absolute Gasteiger partial charge is 0.351 e. The van der Waals surface area contributed by atoms with Crippen molar-refractivity contribution >= 4 is 33.0 Å². The van der Waals surface area contributed by atoms with Crippen LogP contribution in [0.2, 0.25) is 0 Å². The molecule has 0 aliphatic heterocycles. The van der Waals surface area contributed by atoms with Crippen molar-refractivity contribution in [3.63, 3.8) is 0 Å². The maximum atomic E-state index is 13.6. The zero-order chi connectivity index (χ0) is 25.4. The first-order chi connectivity index (χ1) is 17.2. The molecule has 1 saturated carbocycles. The molecule has 36 heavy (non-hydrogen) atoms. The third-order valence-electron chi connectivity index (χ3n) is 6.08. The van der Waals surface area contributed by atoms with Gasteiger partial charge in [0.15, 0.2) is 5.65 Å². The molecule has 1 fully saturated rings. The molecular weight excluding hydrogens is 551 g/mol. The monoisotopic (exact) mass is 570 g/mol. The molecule has 1 N–H and O–H groups in total. The lowest BCUT2D eigenvalue weighted by Crippen LogP contribution is -2.29. The van der Waals surface area contributed by atoms with Gasteiger partial charge in [0.2, 0.25) is 5.95 Å². The summed E-state index contributed by atoms with van der Waals surface area (Å²) in [5.41, 5.74) is 0.0360. The van der Waals surface area contributed by atoms with E-state index in [0.717, 1.165) is 52.0 Å². The highest BCUT2D eigenvalue weighted by Gasteiger charge is 2.36. The molecule has 1 aliphatic carbocycles. The van der Waals surface area contributed by atoms with Crippen molar-refractivity contribution in [3.8, 4) is 11.3 Å². The van der Waals surface area contributed by atoms with Gasteiger partial charge < -0.3 is 9.88 Å². The summed E-state index contributed by atoms with van der Waals surface area (Å²) in [4.78, 5) is 16.9. The van der Waals surface area contributed by atoms with Crippen molar-refractivity contribution in [1.29, 1.82) is 0 Å². The number of rotatable bonds is 6. The third kappa shape index (κ3) is 5.18. The molecule has 1 aliphatic rings. The number of pyridine rings is 1. The maximum absolute atomic E-state index is 13.6. The number of fused-ring (bicyclic) bond motifs is 1. The molecule has 4 aromatic rings. The van der Waals surface area contributed by atoms with E-state index in [-0.39, 0.29) is 23.6 Å². The predicted octanol–water partition coefficient (Wildman–Crippen LogP) is 5.73. The Bertz CT molecular complexity index is 1370. The second-order valence-electron chi connectivity index (χ2n) is 8.61. The summed E-state index contributed by atoms with van der Waals surface area (Å²) in [6.45, 7) is -0.726. The van der Waals surface area contributed by atoms with E-state index in [4.69, 9.17) is 0 Å². The Morgan fingerprint density at radius 3 is 2.72 bits per heavy atom. The van der Waals surface area contributed by atoms with Crippen LogP contribution in [-0.2, 0) is 12.7 Å². The quantitative estimate of drug-likeness (QED) is 0.298. The van der Waals surface area contributed by atoms with Crippen LogP contribution in [0.15, 0.2) is 41.7 Å². The van der Waals surface area contributed by atoms with Crippen LogP contribution in [0.1, 0.15) is 37.3 Å². The first kappa shape index (κ1) is 24.5. The lowest BCUT2D eigenvalue weighted by Gasteiger charge is -2.30. The fourth-order valence-electron chi connectivity index (χ4n) is 4.50. The van der Waals surface area contributed by atoms with E-state index in [1.807, 2.05) is 10.6 Å². The number of hydrogen-bond acceptors (Lipinski definition) is 6. The summed E-state index contributed by atoms with van der Waals surface area (Å²) in [5.74, 6) is 0.0304. The van der Waals surface area contributed by atoms with Crippen molar-refractivity contribution in [2.45, 2.75) is 56.9 Å². The zero-order valence-electron chi connectivity index (χ0n) is 18.6. The molecule has 0 amide bonds. The number of alkyl halides is 5. The summed E-state index contributed by atoms with van der Waals surface area (Å²) in [6, 6.07) is 1.89. The van der Waals surface area contributed by atoms with Crippen LogP contribution in [0.5, 0.6) is 0 Å². The SMILES string of the molecule is FC(F)Cn1cc(-c2nc(N[C@@H]3CCC[C@H](n4cnc5cc(Br)cnc54)C3)ncc2C(F)(F)F)cn1. The Balaban J connectivity index is 1.38. The van der Waals surface area contributed by atoms with Gasteiger partial charge in [0.25, 0.3) is 6.43 Å². The maximum Gasteiger partial charge on any atom is 0.419 e. The van der Waals surface area contributed by atoms with Crippen molar-refractivity contribution < 1.29 is 22.0 Å². The lowest BCUT2D eigenvalue weighted by atomic mass is 9.91. The minimum absolute atomic E-state index is 0.0166. The minimum Gasteiger partial charge on any atom is -0.351 e. The van der Waals surface area contributed by atoms with Gasteiger partial charge in [-0.25, -0.2) is 28.7 Å². The Morgan fingerprint density at radius 2 is 1.94 bits per heavy atom. The van der Waals surface area contributed by atoms with Crippen LogP contribution in [0.25, 0.3) is 22.4 Å². The molecule has 8 nitrogen and oxygen atoms in total. The summed E-state index contributed by atoms with van der Waals surface area (Å²) >= 11 is 3.39. The molecule has 190 valence electrons. The predicted molar refractivity (Wildman–Crippen MR) is 124 cm³/mol. The van der Waals surface area contributed by atoms with Crippen LogP contribution in [0, 0.1) is 0 Å². The van der Waals surface area contributed by atoms with E-state index < -0.39 is 30.4 Å². The van der Waals surface area contributed by atoms with Crippen molar-refractivity contribution in [2.24, 2.45) is 0 Å². The second kappa shape index (κ2) is 9.71. The largest absolute Gasteiger partial charge is 0.419 e. The Labute approximate surface area is 210 Å². The molecule has 14 heteroatoms. The molecule has 5 rings (SSSR count). The number of imidazole rings is 1. The fourth-order valence-corrected chi connectivity index (χ4v) is 4.82. The van der Waals surface area contributed by atoms with Gasteiger partial charge in [0.05, 0.1) is 18.2 Å². The van der Waals surface area contributed by atoms with E-state index in [1.54, 1.807) is 12.5 Å². The van der Waals surface area contributed by atoms with Crippen LogP contribution < -0.4 is 5.32 Å². The summed E-state index contributed by atoms with van der Waals surface area (Å²) in [5, 5.41) is 6.90. The van der Waals surface area contributed by atoms with Crippen LogP contribution in [-0.4, -0.2) is 46.8 Å². The van der Waals surface area contributed by atoms with E-state index in [2.05, 4.69) is 46.3 Å². The van der Waals surface area contributed by atoms with Gasteiger partial charge in [-0.3, -0.25) is 4.68 Å². The third-order valence-corrected chi connectivity index (χ3v) is 6.51. The van der Waals surface area contributed by atoms with Crippen molar-refractivity contribution in [1.82, 2.24) is 34.3 Å². The number of anilines is 1. The Kier molecular flexibility index (Phi) is 6.62. The van der Waals surface area contributed by atoms with Crippen LogP contribution in [0.3, 0.4) is 0 Å². The van der Waals surface area contributed by atoms with E-state index in [1.165, 1.54) is 0 Å². The highest BCUT2D eigenvalue weighted by molar-refractivity contribution is 9.10. The topological polar surface area (TPSA) is 86.3 Å². The second-order valence-corrected chi connectivity index (χ2v) is 9.52. The van der Waals surface area contributed by atoms with Crippen LogP contribution >= 0.6 is 15.9 Å². The van der Waals surface area contributed by atoms with Gasteiger partial charge in [-0.15, -0.1) is 0 Å². The number of halogens is 6. The van der Waals surface area contributed by atoms with Gasteiger partial charge >= 0.3 is 6.18 Å². The molecule has 2 atom stereocenters. The minimum atomic E-state index is -4.72. The highest BCUT2D eigenvalue weighted by Crippen LogP contribution is 2.37. The summed E-state index contributed by atoms with van der Waals surface area (Å²) in [6.07, 6.45) is 2.22. The molecule has 0 aromatic carbocycles. The van der Waals surface area contributed by atoms with E-state index >= 15 is 0 Å². The standard InChI is InChI=1S/C22H20BrF5N8/c23-13-4-17-20(29-7-13)36(11-31-17)15-3-1-2-14(5-15)33-21-30-8-16(22(26,27)28)19(34-21)12-6-32-35(9-12)10-18(24)25/h4,6-9,11,14-15,18H,1-3,5,10H2,(H,30,33,34)/t14-,15+/m1/s1. The first-order valence-electron chi connectivity index (χ1n) is 11.2. The van der Waals surface area contributed by atoms with Crippen molar-refractivity contribution in [3.05, 3.63) is 47.2 Å². The van der Waals surface area contributed by atoms with E-state index in [9.17, 15) is 22.0 Å². The highest BCUT2D eigenvalue weighted by atomic mass is 79.9. The first-order valence-corrected chi connectivity index (χ1v) is 12.0. The summed E-state index contributed by atoms with van der Waals surface area (Å²) < 4.78 is 70.0.